The maximum Gasteiger partial charge on any atom is 0.273 e. The van der Waals surface area contributed by atoms with Crippen molar-refractivity contribution in [3.8, 4) is 0 Å². The molecule has 0 heterocycles. The minimum Gasteiger partial charge on any atom is -0.378 e. The van der Waals surface area contributed by atoms with Crippen molar-refractivity contribution in [3.05, 3.63) is 71.3 Å². The monoisotopic (exact) mass is 294 g/mol. The number of aliphatic hydroxyl groups is 1. The first-order chi connectivity index (χ1) is 10.8. The molecule has 0 radical (unpaired) electrons. The van der Waals surface area contributed by atoms with Gasteiger partial charge in [0, 0.05) is 5.56 Å². The first-order valence-corrected chi connectivity index (χ1v) is 7.43. The molecule has 1 atom stereocenters. The van der Waals surface area contributed by atoms with Crippen molar-refractivity contribution in [2.45, 2.75) is 25.4 Å². The fourth-order valence-corrected chi connectivity index (χ4v) is 2.69. The number of aryl methyl sites for hydroxylation is 1. The van der Waals surface area contributed by atoms with E-state index in [1.807, 2.05) is 24.3 Å². The molecule has 4 heteroatoms. The number of nitrogens with zero attached hydrogens (tertiary/aromatic N) is 1. The van der Waals surface area contributed by atoms with E-state index in [0.29, 0.717) is 5.56 Å². The van der Waals surface area contributed by atoms with E-state index < -0.39 is 12.0 Å². The minimum atomic E-state index is -1.20. The molecule has 22 heavy (non-hydrogen) atoms. The van der Waals surface area contributed by atoms with Gasteiger partial charge in [-0.15, -0.1) is 0 Å². The van der Waals surface area contributed by atoms with Crippen LogP contribution in [-0.2, 0) is 11.2 Å². The normalized spacial score (nSPS) is 16.9. The van der Waals surface area contributed by atoms with E-state index in [2.05, 4.69) is 16.6 Å². The van der Waals surface area contributed by atoms with Gasteiger partial charge in [-0.25, -0.2) is 5.43 Å². The molecular weight excluding hydrogens is 276 g/mol. The summed E-state index contributed by atoms with van der Waals surface area (Å²) in [6.07, 6.45) is 1.69. The van der Waals surface area contributed by atoms with Gasteiger partial charge in [0.25, 0.3) is 5.91 Å². The molecule has 0 bridgehead atoms. The molecule has 2 aromatic carbocycles. The van der Waals surface area contributed by atoms with Gasteiger partial charge in [0.2, 0.25) is 0 Å². The maximum absolute atomic E-state index is 12.0. The second-order valence-corrected chi connectivity index (χ2v) is 5.36. The molecule has 0 saturated heterocycles. The van der Waals surface area contributed by atoms with Gasteiger partial charge >= 0.3 is 0 Å². The molecule has 0 aliphatic heterocycles. The summed E-state index contributed by atoms with van der Waals surface area (Å²) in [6, 6.07) is 16.9. The highest BCUT2D eigenvalue weighted by Gasteiger charge is 2.18. The number of hydrogen-bond donors (Lipinski definition) is 2. The van der Waals surface area contributed by atoms with Crippen molar-refractivity contribution in [1.29, 1.82) is 0 Å². The van der Waals surface area contributed by atoms with E-state index in [-0.39, 0.29) is 0 Å². The molecule has 1 unspecified atom stereocenters. The Kier molecular flexibility index (Phi) is 4.30. The van der Waals surface area contributed by atoms with Gasteiger partial charge < -0.3 is 5.11 Å². The van der Waals surface area contributed by atoms with Crippen LogP contribution in [0.25, 0.3) is 0 Å². The highest BCUT2D eigenvalue weighted by molar-refractivity contribution is 6.03. The molecule has 2 N–H and O–H groups in total. The van der Waals surface area contributed by atoms with Crippen LogP contribution in [-0.4, -0.2) is 16.7 Å². The zero-order chi connectivity index (χ0) is 15.4. The van der Waals surface area contributed by atoms with Crippen molar-refractivity contribution >= 4 is 11.6 Å². The third kappa shape index (κ3) is 3.07. The van der Waals surface area contributed by atoms with E-state index in [1.54, 1.807) is 24.3 Å². The summed E-state index contributed by atoms with van der Waals surface area (Å²) >= 11 is 0. The molecule has 3 rings (SSSR count). The Morgan fingerprint density at radius 2 is 1.77 bits per heavy atom. The number of hydrazone groups is 1. The Hall–Kier alpha value is -2.46. The lowest BCUT2D eigenvalue weighted by molar-refractivity contribution is -0.129. The van der Waals surface area contributed by atoms with Gasteiger partial charge in [0.15, 0.2) is 6.10 Å². The second kappa shape index (κ2) is 6.54. The van der Waals surface area contributed by atoms with Crippen LogP contribution in [0.3, 0.4) is 0 Å². The number of carbonyl (C=O) groups is 1. The number of fused-ring (bicyclic) bond motifs is 1. The van der Waals surface area contributed by atoms with Gasteiger partial charge in [-0.2, -0.15) is 5.10 Å². The van der Waals surface area contributed by atoms with Crippen LogP contribution in [0, 0.1) is 0 Å². The number of hydrogen-bond acceptors (Lipinski definition) is 3. The van der Waals surface area contributed by atoms with Gasteiger partial charge in [0.1, 0.15) is 0 Å². The second-order valence-electron chi connectivity index (χ2n) is 5.36. The number of aliphatic hydroxyl groups excluding tert-OH is 1. The molecule has 0 aromatic heterocycles. The van der Waals surface area contributed by atoms with Crippen molar-refractivity contribution in [1.82, 2.24) is 5.43 Å². The summed E-state index contributed by atoms with van der Waals surface area (Å²) in [6.45, 7) is 0. The summed E-state index contributed by atoms with van der Waals surface area (Å²) < 4.78 is 0. The van der Waals surface area contributed by atoms with E-state index in [4.69, 9.17) is 0 Å². The molecule has 1 aliphatic rings. The number of nitrogens with one attached hydrogen (secondary N) is 1. The lowest BCUT2D eigenvalue weighted by Gasteiger charge is -2.17. The van der Waals surface area contributed by atoms with Crippen LogP contribution in [0.15, 0.2) is 59.7 Å². The summed E-state index contributed by atoms with van der Waals surface area (Å²) in [5.74, 6) is -0.512. The topological polar surface area (TPSA) is 61.7 Å². The first-order valence-electron chi connectivity index (χ1n) is 7.43. The van der Waals surface area contributed by atoms with E-state index in [1.165, 1.54) is 5.56 Å². The third-order valence-corrected chi connectivity index (χ3v) is 3.85. The van der Waals surface area contributed by atoms with Gasteiger partial charge in [-0.3, -0.25) is 4.79 Å². The number of amides is 1. The zero-order valence-corrected chi connectivity index (χ0v) is 12.2. The Morgan fingerprint density at radius 1 is 1.05 bits per heavy atom. The molecule has 1 aliphatic carbocycles. The minimum absolute atomic E-state index is 0.512. The molecule has 0 spiro atoms. The summed E-state index contributed by atoms with van der Waals surface area (Å²) in [4.78, 5) is 12.0. The van der Waals surface area contributed by atoms with Crippen molar-refractivity contribution in [2.24, 2.45) is 5.10 Å². The SMILES string of the molecule is O=C(N/N=C1\CCCc2ccccc21)C(O)c1ccccc1. The Labute approximate surface area is 129 Å². The van der Waals surface area contributed by atoms with Crippen LogP contribution in [0.1, 0.15) is 35.6 Å². The quantitative estimate of drug-likeness (QED) is 0.855. The Morgan fingerprint density at radius 3 is 2.59 bits per heavy atom. The van der Waals surface area contributed by atoms with E-state index in [0.717, 1.165) is 30.5 Å². The lowest BCUT2D eigenvalue weighted by Crippen LogP contribution is -2.27. The van der Waals surface area contributed by atoms with Gasteiger partial charge in [-0.1, -0.05) is 54.6 Å². The van der Waals surface area contributed by atoms with Crippen LogP contribution in [0.5, 0.6) is 0 Å². The molecular formula is C18H18N2O2. The summed E-state index contributed by atoms with van der Waals surface area (Å²) in [5.41, 5.74) is 6.26. The maximum atomic E-state index is 12.0. The van der Waals surface area contributed by atoms with Crippen LogP contribution < -0.4 is 5.43 Å². The van der Waals surface area contributed by atoms with Crippen molar-refractivity contribution < 1.29 is 9.90 Å². The molecule has 0 saturated carbocycles. The molecule has 4 nitrogen and oxygen atoms in total. The number of carbonyl (C=O) groups excluding carboxylic acids is 1. The van der Waals surface area contributed by atoms with Crippen LogP contribution >= 0.6 is 0 Å². The van der Waals surface area contributed by atoms with Crippen molar-refractivity contribution in [3.63, 3.8) is 0 Å². The zero-order valence-electron chi connectivity index (χ0n) is 12.2. The molecule has 1 amide bonds. The fourth-order valence-electron chi connectivity index (χ4n) is 2.69. The number of rotatable bonds is 3. The van der Waals surface area contributed by atoms with Gasteiger partial charge in [0.05, 0.1) is 5.71 Å². The Balaban J connectivity index is 1.73. The number of benzene rings is 2. The average molecular weight is 294 g/mol. The molecule has 0 fully saturated rings. The highest BCUT2D eigenvalue weighted by atomic mass is 16.3. The Bertz CT molecular complexity index is 695. The lowest BCUT2D eigenvalue weighted by atomic mass is 9.90. The predicted octanol–water partition coefficient (Wildman–Crippen LogP) is 2.58. The first kappa shape index (κ1) is 14.5. The smallest absolute Gasteiger partial charge is 0.273 e. The van der Waals surface area contributed by atoms with E-state index >= 15 is 0 Å². The largest absolute Gasteiger partial charge is 0.378 e. The third-order valence-electron chi connectivity index (χ3n) is 3.85. The standard InChI is InChI=1S/C18H18N2O2/c21-17(14-8-2-1-3-9-14)18(22)20-19-16-12-6-10-13-7-4-5-11-15(13)16/h1-5,7-9,11,17,21H,6,10,12H2,(H,20,22)/b19-16+. The predicted molar refractivity (Wildman–Crippen MR) is 85.5 cm³/mol. The molecule has 112 valence electrons. The van der Waals surface area contributed by atoms with Crippen LogP contribution in [0.2, 0.25) is 0 Å². The average Bonchev–Trinajstić information content (AvgIpc) is 2.59. The molecule has 2 aromatic rings. The fraction of sp³-hybridized carbons (Fsp3) is 0.222. The van der Waals surface area contributed by atoms with Gasteiger partial charge in [-0.05, 0) is 30.4 Å². The highest BCUT2D eigenvalue weighted by Crippen LogP contribution is 2.21. The van der Waals surface area contributed by atoms with Crippen LogP contribution in [0.4, 0.5) is 0 Å². The summed E-state index contributed by atoms with van der Waals surface area (Å²) in [7, 11) is 0. The van der Waals surface area contributed by atoms with E-state index in [9.17, 15) is 9.90 Å². The summed E-state index contributed by atoms with van der Waals surface area (Å²) in [5, 5.41) is 14.3. The van der Waals surface area contributed by atoms with Crippen molar-refractivity contribution in [2.75, 3.05) is 0 Å².